The van der Waals surface area contributed by atoms with Gasteiger partial charge >= 0.3 is 5.97 Å². The predicted octanol–water partition coefficient (Wildman–Crippen LogP) is 4.21. The van der Waals surface area contributed by atoms with Crippen LogP contribution in [0, 0.1) is 11.6 Å². The van der Waals surface area contributed by atoms with Crippen molar-refractivity contribution in [1.29, 1.82) is 0 Å². The van der Waals surface area contributed by atoms with Gasteiger partial charge in [0.2, 0.25) is 5.91 Å². The summed E-state index contributed by atoms with van der Waals surface area (Å²) in [6.07, 6.45) is -0.434. The van der Waals surface area contributed by atoms with Crippen molar-refractivity contribution in [3.8, 4) is 0 Å². The molecule has 2 aromatic carbocycles. The van der Waals surface area contributed by atoms with E-state index in [0.29, 0.717) is 10.2 Å². The highest BCUT2D eigenvalue weighted by molar-refractivity contribution is 9.10. The Balaban J connectivity index is 2.02. The van der Waals surface area contributed by atoms with Gasteiger partial charge in [0.15, 0.2) is 0 Å². The molecular weight excluding hydrogens is 416 g/mol. The Hall–Kier alpha value is -1.93. The van der Waals surface area contributed by atoms with Gasteiger partial charge < -0.3 is 10.0 Å². The Morgan fingerprint density at radius 3 is 2.68 bits per heavy atom. The van der Waals surface area contributed by atoms with E-state index in [4.69, 9.17) is 5.11 Å². The number of benzene rings is 2. The molecule has 1 unspecified atom stereocenters. The Morgan fingerprint density at radius 1 is 1.24 bits per heavy atom. The highest BCUT2D eigenvalue weighted by Gasteiger charge is 2.36. The predicted molar refractivity (Wildman–Crippen MR) is 93.6 cm³/mol. The standard InChI is InChI=1S/C17H12BrF2NO3S/c18-10-5-4-9(12(20)6-10)8-21-13-3-1-2-11(19)16(13)25-14(17(21)24)7-15(22)23/h1-6,14H,7-8H2,(H,22,23). The molecule has 0 fully saturated rings. The smallest absolute Gasteiger partial charge is 0.305 e. The molecule has 25 heavy (non-hydrogen) atoms. The fourth-order valence-electron chi connectivity index (χ4n) is 2.58. The third-order valence-corrected chi connectivity index (χ3v) is 5.53. The monoisotopic (exact) mass is 427 g/mol. The molecule has 1 N–H and O–H groups in total. The van der Waals surface area contributed by atoms with Crippen LogP contribution in [-0.4, -0.2) is 22.2 Å². The van der Waals surface area contributed by atoms with Gasteiger partial charge in [-0.3, -0.25) is 9.59 Å². The number of anilines is 1. The molecule has 0 saturated heterocycles. The average molecular weight is 428 g/mol. The minimum Gasteiger partial charge on any atom is -0.481 e. The first-order valence-corrected chi connectivity index (χ1v) is 8.96. The molecule has 2 aromatic rings. The zero-order valence-electron chi connectivity index (χ0n) is 12.7. The first kappa shape index (κ1) is 17.9. The Kier molecular flexibility index (Phi) is 5.10. The molecule has 1 aliphatic heterocycles. The van der Waals surface area contributed by atoms with Crippen molar-refractivity contribution in [3.05, 3.63) is 58.1 Å². The number of aliphatic carboxylic acids is 1. The van der Waals surface area contributed by atoms with E-state index >= 15 is 0 Å². The van der Waals surface area contributed by atoms with Crippen LogP contribution in [0.4, 0.5) is 14.5 Å². The van der Waals surface area contributed by atoms with Gasteiger partial charge in [0.05, 0.1) is 28.8 Å². The lowest BCUT2D eigenvalue weighted by Gasteiger charge is -2.33. The summed E-state index contributed by atoms with van der Waals surface area (Å²) >= 11 is 4.06. The summed E-state index contributed by atoms with van der Waals surface area (Å²) in [5, 5.41) is 8.05. The molecule has 1 aliphatic rings. The summed E-state index contributed by atoms with van der Waals surface area (Å²) in [4.78, 5) is 25.2. The van der Waals surface area contributed by atoms with Gasteiger partial charge in [0.25, 0.3) is 0 Å². The van der Waals surface area contributed by atoms with E-state index in [1.54, 1.807) is 12.1 Å². The summed E-state index contributed by atoms with van der Waals surface area (Å²) in [5.74, 6) is -2.67. The molecule has 8 heteroatoms. The van der Waals surface area contributed by atoms with Crippen molar-refractivity contribution in [1.82, 2.24) is 0 Å². The van der Waals surface area contributed by atoms with E-state index in [1.165, 1.54) is 29.2 Å². The van der Waals surface area contributed by atoms with Crippen LogP contribution in [0.25, 0.3) is 0 Å². The maximum atomic E-state index is 14.2. The quantitative estimate of drug-likeness (QED) is 0.793. The summed E-state index contributed by atoms with van der Waals surface area (Å²) in [6, 6.07) is 8.72. The molecule has 0 bridgehead atoms. The van der Waals surface area contributed by atoms with Crippen molar-refractivity contribution >= 4 is 45.3 Å². The van der Waals surface area contributed by atoms with Crippen LogP contribution in [0.15, 0.2) is 45.8 Å². The Labute approximate surface area is 155 Å². The van der Waals surface area contributed by atoms with Crippen molar-refractivity contribution in [2.24, 2.45) is 0 Å². The van der Waals surface area contributed by atoms with Gasteiger partial charge in [-0.25, -0.2) is 8.78 Å². The molecule has 1 amide bonds. The normalized spacial score (nSPS) is 16.7. The van der Waals surface area contributed by atoms with Gasteiger partial charge in [-0.2, -0.15) is 0 Å². The number of carboxylic acid groups (broad SMARTS) is 1. The first-order valence-electron chi connectivity index (χ1n) is 7.29. The number of carbonyl (C=O) groups excluding carboxylic acids is 1. The highest BCUT2D eigenvalue weighted by Crippen LogP contribution is 2.42. The third-order valence-electron chi connectivity index (χ3n) is 3.74. The summed E-state index contributed by atoms with van der Waals surface area (Å²) in [6.45, 7) is -0.106. The number of carboxylic acids is 1. The molecule has 4 nitrogen and oxygen atoms in total. The Bertz CT molecular complexity index is 862. The molecule has 0 radical (unpaired) electrons. The number of halogens is 3. The third kappa shape index (κ3) is 3.69. The van der Waals surface area contributed by atoms with Crippen LogP contribution in [0.2, 0.25) is 0 Å². The maximum absolute atomic E-state index is 14.2. The van der Waals surface area contributed by atoms with Crippen LogP contribution in [-0.2, 0) is 16.1 Å². The van der Waals surface area contributed by atoms with Crippen LogP contribution < -0.4 is 4.90 Å². The van der Waals surface area contributed by atoms with Crippen molar-refractivity contribution in [2.75, 3.05) is 4.90 Å². The molecule has 1 atom stereocenters. The zero-order chi connectivity index (χ0) is 18.1. The molecule has 3 rings (SSSR count). The van der Waals surface area contributed by atoms with E-state index in [2.05, 4.69) is 15.9 Å². The van der Waals surface area contributed by atoms with Crippen LogP contribution in [0.3, 0.4) is 0 Å². The van der Waals surface area contributed by atoms with Gasteiger partial charge in [-0.1, -0.05) is 28.1 Å². The SMILES string of the molecule is O=C(O)CC1Sc2c(F)cccc2N(Cc2ccc(Br)cc2F)C1=O. The van der Waals surface area contributed by atoms with E-state index in [1.807, 2.05) is 0 Å². The van der Waals surface area contributed by atoms with Crippen molar-refractivity contribution in [2.45, 2.75) is 23.1 Å². The van der Waals surface area contributed by atoms with E-state index in [0.717, 1.165) is 11.8 Å². The van der Waals surface area contributed by atoms with Crippen LogP contribution in [0.1, 0.15) is 12.0 Å². The molecule has 0 spiro atoms. The highest BCUT2D eigenvalue weighted by atomic mass is 79.9. The van der Waals surface area contributed by atoms with E-state index in [9.17, 15) is 18.4 Å². The Morgan fingerprint density at radius 2 is 2.00 bits per heavy atom. The summed E-state index contributed by atoms with van der Waals surface area (Å²) < 4.78 is 28.9. The number of amides is 1. The van der Waals surface area contributed by atoms with E-state index < -0.39 is 35.2 Å². The molecule has 0 aliphatic carbocycles. The number of carbonyl (C=O) groups is 2. The molecule has 0 aromatic heterocycles. The summed E-state index contributed by atoms with van der Waals surface area (Å²) in [5.41, 5.74) is 0.576. The molecule has 130 valence electrons. The summed E-state index contributed by atoms with van der Waals surface area (Å²) in [7, 11) is 0. The zero-order valence-corrected chi connectivity index (χ0v) is 15.1. The number of nitrogens with zero attached hydrogens (tertiary/aromatic N) is 1. The number of thioether (sulfide) groups is 1. The number of hydrogen-bond donors (Lipinski definition) is 1. The molecule has 0 saturated carbocycles. The minimum absolute atomic E-state index is 0.106. The lowest BCUT2D eigenvalue weighted by Crippen LogP contribution is -2.41. The van der Waals surface area contributed by atoms with Gasteiger partial charge in [0.1, 0.15) is 11.6 Å². The van der Waals surface area contributed by atoms with Crippen molar-refractivity contribution in [3.63, 3.8) is 0 Å². The molecular formula is C17H12BrF2NO3S. The lowest BCUT2D eigenvalue weighted by molar-refractivity contribution is -0.138. The first-order chi connectivity index (χ1) is 11.9. The van der Waals surface area contributed by atoms with Gasteiger partial charge in [0, 0.05) is 10.0 Å². The number of fused-ring (bicyclic) bond motifs is 1. The topological polar surface area (TPSA) is 57.6 Å². The largest absolute Gasteiger partial charge is 0.481 e. The van der Waals surface area contributed by atoms with Crippen LogP contribution in [0.5, 0.6) is 0 Å². The minimum atomic E-state index is -1.15. The second-order valence-corrected chi connectivity index (χ2v) is 7.58. The average Bonchev–Trinajstić information content (AvgIpc) is 2.54. The molecule has 1 heterocycles. The fraction of sp³-hybridized carbons (Fsp3) is 0.176. The number of rotatable bonds is 4. The van der Waals surface area contributed by atoms with Gasteiger partial charge in [-0.15, -0.1) is 11.8 Å². The van der Waals surface area contributed by atoms with Crippen LogP contribution >= 0.6 is 27.7 Å². The van der Waals surface area contributed by atoms with E-state index in [-0.39, 0.29) is 17.0 Å². The van der Waals surface area contributed by atoms with Gasteiger partial charge in [-0.05, 0) is 24.3 Å². The second kappa shape index (κ2) is 7.13. The maximum Gasteiger partial charge on any atom is 0.305 e. The second-order valence-electron chi connectivity index (χ2n) is 5.45. The number of hydrogen-bond acceptors (Lipinski definition) is 3. The fourth-order valence-corrected chi connectivity index (χ4v) is 4.13. The lowest BCUT2D eigenvalue weighted by atomic mass is 10.1. The van der Waals surface area contributed by atoms with Crippen molar-refractivity contribution < 1.29 is 23.5 Å².